The molecule has 1 saturated carbocycles. The lowest BCUT2D eigenvalue weighted by Gasteiger charge is -2.25. The lowest BCUT2D eigenvalue weighted by molar-refractivity contribution is -0.155. The van der Waals surface area contributed by atoms with Crippen molar-refractivity contribution in [3.05, 3.63) is 66.7 Å². The fourth-order valence-electron chi connectivity index (χ4n) is 3.63. The Balaban J connectivity index is 1.40. The van der Waals surface area contributed by atoms with Gasteiger partial charge >= 0.3 is 17.9 Å². The van der Waals surface area contributed by atoms with Crippen molar-refractivity contribution in [1.29, 1.82) is 0 Å². The van der Waals surface area contributed by atoms with Crippen molar-refractivity contribution < 1.29 is 28.6 Å². The van der Waals surface area contributed by atoms with Gasteiger partial charge in [-0.15, -0.1) is 0 Å². The summed E-state index contributed by atoms with van der Waals surface area (Å²) in [7, 11) is 0. The molecule has 0 unspecified atom stereocenters. The molecule has 32 heavy (non-hydrogen) atoms. The maximum absolute atomic E-state index is 12.5. The van der Waals surface area contributed by atoms with Gasteiger partial charge in [0, 0.05) is 5.57 Å². The average molecular weight is 437 g/mol. The Morgan fingerprint density at radius 1 is 0.781 bits per heavy atom. The van der Waals surface area contributed by atoms with E-state index >= 15 is 0 Å². The molecule has 0 aromatic heterocycles. The van der Waals surface area contributed by atoms with Crippen LogP contribution in [-0.2, 0) is 23.9 Å². The largest absolute Gasteiger partial charge is 0.462 e. The third-order valence-electron chi connectivity index (χ3n) is 5.48. The Kier molecular flexibility index (Phi) is 8.20. The molecule has 3 rings (SSSR count). The van der Waals surface area contributed by atoms with E-state index in [1.807, 2.05) is 42.5 Å². The van der Waals surface area contributed by atoms with Crippen LogP contribution in [0.2, 0.25) is 0 Å². The second-order valence-electron chi connectivity index (χ2n) is 7.94. The van der Waals surface area contributed by atoms with Crippen LogP contribution in [0, 0.1) is 11.8 Å². The van der Waals surface area contributed by atoms with Crippen LogP contribution in [0.15, 0.2) is 66.7 Å². The Morgan fingerprint density at radius 3 is 1.91 bits per heavy atom. The van der Waals surface area contributed by atoms with Gasteiger partial charge in [0.25, 0.3) is 0 Å². The normalized spacial score (nSPS) is 17.8. The Labute approximate surface area is 188 Å². The minimum atomic E-state index is -0.505. The highest BCUT2D eigenvalue weighted by atomic mass is 16.6. The zero-order valence-corrected chi connectivity index (χ0v) is 18.3. The van der Waals surface area contributed by atoms with E-state index in [0.29, 0.717) is 37.0 Å². The molecule has 2 aromatic carbocycles. The van der Waals surface area contributed by atoms with Gasteiger partial charge in [-0.2, -0.15) is 0 Å². The van der Waals surface area contributed by atoms with Gasteiger partial charge in [0.1, 0.15) is 19.0 Å². The first-order chi connectivity index (χ1) is 15.4. The van der Waals surface area contributed by atoms with Crippen molar-refractivity contribution in [3.63, 3.8) is 0 Å². The van der Waals surface area contributed by atoms with Crippen molar-refractivity contribution in [3.8, 4) is 16.9 Å². The molecule has 0 amide bonds. The maximum atomic E-state index is 12.5. The number of ether oxygens (including phenoxy) is 3. The SMILES string of the molecule is C=C(C)C(=O)OCCOC(=O)C1CCC(C(=O)Oc2ccc(-c3ccccc3)cc2)CC1. The predicted octanol–water partition coefficient (Wildman–Crippen LogP) is 4.73. The molecule has 1 aliphatic rings. The zero-order valence-electron chi connectivity index (χ0n) is 18.3. The van der Waals surface area contributed by atoms with Gasteiger partial charge in [0.2, 0.25) is 0 Å². The summed E-state index contributed by atoms with van der Waals surface area (Å²) in [5, 5.41) is 0. The molecule has 0 spiro atoms. The fraction of sp³-hybridized carbons (Fsp3) is 0.346. The van der Waals surface area contributed by atoms with E-state index in [1.165, 1.54) is 0 Å². The minimum absolute atomic E-state index is 0.00215. The Bertz CT molecular complexity index is 940. The maximum Gasteiger partial charge on any atom is 0.333 e. The van der Waals surface area contributed by atoms with E-state index < -0.39 is 5.97 Å². The number of esters is 3. The topological polar surface area (TPSA) is 78.9 Å². The van der Waals surface area contributed by atoms with Crippen LogP contribution >= 0.6 is 0 Å². The zero-order chi connectivity index (χ0) is 22.9. The molecule has 1 fully saturated rings. The van der Waals surface area contributed by atoms with Crippen molar-refractivity contribution in [2.75, 3.05) is 13.2 Å². The monoisotopic (exact) mass is 436 g/mol. The standard InChI is InChI=1S/C26H28O6/c1-18(2)24(27)30-16-17-31-25(28)21-8-10-22(11-9-21)26(29)32-23-14-12-20(13-15-23)19-6-4-3-5-7-19/h3-7,12-15,21-22H,1,8-11,16-17H2,2H3. The van der Waals surface area contributed by atoms with Crippen LogP contribution in [0.1, 0.15) is 32.6 Å². The third-order valence-corrected chi connectivity index (χ3v) is 5.48. The number of rotatable bonds is 8. The summed E-state index contributed by atoms with van der Waals surface area (Å²) >= 11 is 0. The van der Waals surface area contributed by atoms with Crippen molar-refractivity contribution in [2.24, 2.45) is 11.8 Å². The van der Waals surface area contributed by atoms with Crippen molar-refractivity contribution in [2.45, 2.75) is 32.6 Å². The predicted molar refractivity (Wildman–Crippen MR) is 120 cm³/mol. The van der Waals surface area contributed by atoms with Gasteiger partial charge in [-0.25, -0.2) is 4.79 Å². The highest BCUT2D eigenvalue weighted by Gasteiger charge is 2.32. The molecule has 6 nitrogen and oxygen atoms in total. The molecular formula is C26H28O6. The fourth-order valence-corrected chi connectivity index (χ4v) is 3.63. The molecule has 0 heterocycles. The summed E-state index contributed by atoms with van der Waals surface area (Å²) in [6.07, 6.45) is 2.28. The third kappa shape index (κ3) is 6.54. The number of hydrogen-bond acceptors (Lipinski definition) is 6. The highest BCUT2D eigenvalue weighted by Crippen LogP contribution is 2.31. The summed E-state index contributed by atoms with van der Waals surface area (Å²) in [6, 6.07) is 17.4. The van der Waals surface area contributed by atoms with Crippen LogP contribution in [0.25, 0.3) is 11.1 Å². The van der Waals surface area contributed by atoms with E-state index in [0.717, 1.165) is 11.1 Å². The van der Waals surface area contributed by atoms with E-state index in [1.54, 1.807) is 19.1 Å². The second-order valence-corrected chi connectivity index (χ2v) is 7.94. The first-order valence-electron chi connectivity index (χ1n) is 10.8. The minimum Gasteiger partial charge on any atom is -0.462 e. The molecule has 0 radical (unpaired) electrons. The van der Waals surface area contributed by atoms with Gasteiger partial charge in [0.05, 0.1) is 11.8 Å². The van der Waals surface area contributed by atoms with E-state index in [-0.39, 0.29) is 37.0 Å². The molecule has 0 N–H and O–H groups in total. The van der Waals surface area contributed by atoms with Crippen LogP contribution in [-0.4, -0.2) is 31.1 Å². The smallest absolute Gasteiger partial charge is 0.333 e. The molecule has 1 aliphatic carbocycles. The molecule has 168 valence electrons. The summed E-state index contributed by atoms with van der Waals surface area (Å²) in [5.74, 6) is -1.06. The van der Waals surface area contributed by atoms with Gasteiger partial charge in [-0.3, -0.25) is 9.59 Å². The average Bonchev–Trinajstić information content (AvgIpc) is 2.82. The lowest BCUT2D eigenvalue weighted by atomic mass is 9.82. The first-order valence-corrected chi connectivity index (χ1v) is 10.8. The number of hydrogen-bond donors (Lipinski definition) is 0. The van der Waals surface area contributed by atoms with Crippen molar-refractivity contribution in [1.82, 2.24) is 0 Å². The van der Waals surface area contributed by atoms with Gasteiger partial charge in [-0.05, 0) is 55.9 Å². The quantitative estimate of drug-likeness (QED) is 0.258. The molecular weight excluding hydrogens is 408 g/mol. The highest BCUT2D eigenvalue weighted by molar-refractivity contribution is 5.86. The molecule has 0 saturated heterocycles. The van der Waals surface area contributed by atoms with Crippen LogP contribution < -0.4 is 4.74 Å². The van der Waals surface area contributed by atoms with Gasteiger partial charge < -0.3 is 14.2 Å². The van der Waals surface area contributed by atoms with E-state index in [2.05, 4.69) is 6.58 Å². The van der Waals surface area contributed by atoms with E-state index in [9.17, 15) is 14.4 Å². The van der Waals surface area contributed by atoms with Crippen LogP contribution in [0.4, 0.5) is 0 Å². The summed E-state index contributed by atoms with van der Waals surface area (Å²) in [4.78, 5) is 36.0. The molecule has 0 aliphatic heterocycles. The molecule has 0 bridgehead atoms. The summed E-state index contributed by atoms with van der Waals surface area (Å²) < 4.78 is 15.6. The number of carbonyl (C=O) groups excluding carboxylic acids is 3. The van der Waals surface area contributed by atoms with Crippen LogP contribution in [0.3, 0.4) is 0 Å². The molecule has 0 atom stereocenters. The summed E-state index contributed by atoms with van der Waals surface area (Å²) in [5.41, 5.74) is 2.46. The van der Waals surface area contributed by atoms with Gasteiger partial charge in [-0.1, -0.05) is 49.0 Å². The Morgan fingerprint density at radius 2 is 1.31 bits per heavy atom. The number of carbonyl (C=O) groups is 3. The lowest BCUT2D eigenvalue weighted by Crippen LogP contribution is -2.30. The number of benzene rings is 2. The van der Waals surface area contributed by atoms with Gasteiger partial charge in [0.15, 0.2) is 0 Å². The Hall–Kier alpha value is -3.41. The van der Waals surface area contributed by atoms with Crippen LogP contribution in [0.5, 0.6) is 5.75 Å². The van der Waals surface area contributed by atoms with E-state index in [4.69, 9.17) is 14.2 Å². The second kappa shape index (κ2) is 11.3. The molecule has 6 heteroatoms. The van der Waals surface area contributed by atoms with Crippen molar-refractivity contribution >= 4 is 17.9 Å². The summed E-state index contributed by atoms with van der Waals surface area (Å²) in [6.45, 7) is 5.05. The molecule has 2 aromatic rings. The first kappa shape index (κ1) is 23.3.